The van der Waals surface area contributed by atoms with Crippen LogP contribution in [0.2, 0.25) is 0 Å². The number of rotatable bonds is 8. The lowest BCUT2D eigenvalue weighted by atomic mass is 9.85. The smallest absolute Gasteiger partial charge is 0.250 e. The molecule has 0 saturated carbocycles. The number of unbranched alkanes of at least 4 members (excludes halogenated alkanes) is 1. The number of nitrogens with one attached hydrogen (secondary N) is 1. The number of nitrogens with zero attached hydrogens (tertiary/aromatic N) is 3. The number of amides is 3. The fraction of sp³-hybridized carbons (Fsp3) is 0.609. The molecule has 0 unspecified atom stereocenters. The highest BCUT2D eigenvalue weighted by Gasteiger charge is 2.54. The number of anilines is 1. The van der Waals surface area contributed by atoms with Crippen molar-refractivity contribution in [2.45, 2.75) is 57.9 Å². The van der Waals surface area contributed by atoms with Crippen LogP contribution in [0, 0.1) is 0 Å². The zero-order chi connectivity index (χ0) is 21.6. The van der Waals surface area contributed by atoms with E-state index in [1.807, 2.05) is 42.2 Å². The number of likely N-dealkylation sites (tertiary alicyclic amines) is 1. The Morgan fingerprint density at radius 1 is 1.07 bits per heavy atom. The molecule has 2 heterocycles. The Bertz CT molecular complexity index is 744. The quantitative estimate of drug-likeness (QED) is 0.663. The highest BCUT2D eigenvalue weighted by molar-refractivity contribution is 5.96. The molecule has 0 aromatic heterocycles. The van der Waals surface area contributed by atoms with Gasteiger partial charge in [0.25, 0.3) is 5.91 Å². The van der Waals surface area contributed by atoms with Gasteiger partial charge in [0.1, 0.15) is 12.1 Å². The molecule has 2 aliphatic rings. The summed E-state index contributed by atoms with van der Waals surface area (Å²) in [5.74, 6) is 0.0493. The molecule has 1 spiro atoms. The average molecular weight is 415 g/mol. The van der Waals surface area contributed by atoms with Gasteiger partial charge in [-0.25, -0.2) is 0 Å². The van der Waals surface area contributed by atoms with Crippen molar-refractivity contribution in [2.24, 2.45) is 0 Å². The van der Waals surface area contributed by atoms with Crippen LogP contribution in [0.25, 0.3) is 0 Å². The summed E-state index contributed by atoms with van der Waals surface area (Å²) < 4.78 is 0. The molecule has 30 heavy (non-hydrogen) atoms. The average Bonchev–Trinajstić information content (AvgIpc) is 3.01. The van der Waals surface area contributed by atoms with E-state index >= 15 is 0 Å². The Kier molecular flexibility index (Phi) is 7.34. The maximum atomic E-state index is 13.5. The molecule has 0 radical (unpaired) electrons. The van der Waals surface area contributed by atoms with Crippen molar-refractivity contribution in [2.75, 3.05) is 37.7 Å². The standard InChI is InChI=1S/C23H34N4O3/c1-3-5-14-24-20(28)17-26-18-27(19-10-7-6-8-11-19)23(22(26)30)12-15-25(16-13-23)21(29)9-4-2/h6-8,10-11H,3-5,9,12-18H2,1-2H3,(H,24,28). The van der Waals surface area contributed by atoms with Gasteiger partial charge in [-0.15, -0.1) is 0 Å². The molecule has 0 aliphatic carbocycles. The molecule has 164 valence electrons. The minimum Gasteiger partial charge on any atom is -0.355 e. The van der Waals surface area contributed by atoms with Crippen LogP contribution < -0.4 is 10.2 Å². The number of carbonyl (C=O) groups excluding carboxylic acids is 3. The fourth-order valence-electron chi connectivity index (χ4n) is 4.45. The molecule has 7 nitrogen and oxygen atoms in total. The van der Waals surface area contributed by atoms with Crippen molar-refractivity contribution in [1.82, 2.24) is 15.1 Å². The third-order valence-corrected chi connectivity index (χ3v) is 6.18. The van der Waals surface area contributed by atoms with Crippen LogP contribution >= 0.6 is 0 Å². The zero-order valence-electron chi connectivity index (χ0n) is 18.2. The molecule has 7 heteroatoms. The van der Waals surface area contributed by atoms with Crippen LogP contribution in [0.4, 0.5) is 5.69 Å². The predicted octanol–water partition coefficient (Wildman–Crippen LogP) is 2.37. The minimum atomic E-state index is -0.686. The number of piperidine rings is 1. The second-order valence-electron chi connectivity index (χ2n) is 8.27. The van der Waals surface area contributed by atoms with Crippen molar-refractivity contribution in [3.05, 3.63) is 30.3 Å². The maximum absolute atomic E-state index is 13.5. The van der Waals surface area contributed by atoms with E-state index in [1.165, 1.54) is 0 Å². The first kappa shape index (κ1) is 22.1. The van der Waals surface area contributed by atoms with Gasteiger partial charge in [-0.05, 0) is 37.8 Å². The Morgan fingerprint density at radius 3 is 2.40 bits per heavy atom. The van der Waals surface area contributed by atoms with E-state index in [2.05, 4.69) is 17.1 Å². The second kappa shape index (κ2) is 9.96. The zero-order valence-corrected chi connectivity index (χ0v) is 18.2. The normalized spacial score (nSPS) is 18.2. The van der Waals surface area contributed by atoms with Gasteiger partial charge in [0.05, 0.1) is 6.67 Å². The van der Waals surface area contributed by atoms with Gasteiger partial charge in [-0.3, -0.25) is 14.4 Å². The van der Waals surface area contributed by atoms with Crippen molar-refractivity contribution in [3.63, 3.8) is 0 Å². The van der Waals surface area contributed by atoms with Gasteiger partial charge in [0.15, 0.2) is 0 Å². The first-order valence-electron chi connectivity index (χ1n) is 11.2. The van der Waals surface area contributed by atoms with Gasteiger partial charge >= 0.3 is 0 Å². The van der Waals surface area contributed by atoms with Crippen molar-refractivity contribution in [3.8, 4) is 0 Å². The molecule has 2 fully saturated rings. The highest BCUT2D eigenvalue weighted by Crippen LogP contribution is 2.39. The van der Waals surface area contributed by atoms with Crippen LogP contribution in [0.15, 0.2) is 30.3 Å². The van der Waals surface area contributed by atoms with E-state index in [0.29, 0.717) is 45.6 Å². The van der Waals surface area contributed by atoms with Gasteiger partial charge in [-0.2, -0.15) is 0 Å². The molecule has 1 aromatic rings. The van der Waals surface area contributed by atoms with Crippen LogP contribution in [0.1, 0.15) is 52.4 Å². The predicted molar refractivity (Wildman–Crippen MR) is 117 cm³/mol. The van der Waals surface area contributed by atoms with Gasteiger partial charge in [0.2, 0.25) is 11.8 Å². The van der Waals surface area contributed by atoms with E-state index in [0.717, 1.165) is 24.9 Å². The molecule has 1 aromatic carbocycles. The molecule has 2 saturated heterocycles. The molecular weight excluding hydrogens is 380 g/mol. The van der Waals surface area contributed by atoms with Gasteiger partial charge in [-0.1, -0.05) is 38.5 Å². The van der Waals surface area contributed by atoms with Crippen LogP contribution in [0.5, 0.6) is 0 Å². The van der Waals surface area contributed by atoms with Crippen molar-refractivity contribution in [1.29, 1.82) is 0 Å². The summed E-state index contributed by atoms with van der Waals surface area (Å²) in [5.41, 5.74) is 0.293. The largest absolute Gasteiger partial charge is 0.355 e. The summed E-state index contributed by atoms with van der Waals surface area (Å²) >= 11 is 0. The lowest BCUT2D eigenvalue weighted by molar-refractivity contribution is -0.140. The van der Waals surface area contributed by atoms with E-state index in [4.69, 9.17) is 0 Å². The lowest BCUT2D eigenvalue weighted by Crippen LogP contribution is -2.57. The van der Waals surface area contributed by atoms with Crippen molar-refractivity contribution >= 4 is 23.4 Å². The number of para-hydroxylation sites is 1. The number of carbonyl (C=O) groups is 3. The number of hydrogen-bond donors (Lipinski definition) is 1. The SMILES string of the molecule is CCCCNC(=O)CN1CN(c2ccccc2)C2(CCN(C(=O)CCC)CC2)C1=O. The van der Waals surface area contributed by atoms with Gasteiger partial charge < -0.3 is 20.0 Å². The Balaban J connectivity index is 1.76. The molecule has 0 atom stereocenters. The monoisotopic (exact) mass is 414 g/mol. The van der Waals surface area contributed by atoms with Crippen LogP contribution in [0.3, 0.4) is 0 Å². The highest BCUT2D eigenvalue weighted by atomic mass is 16.2. The van der Waals surface area contributed by atoms with E-state index in [9.17, 15) is 14.4 Å². The fourth-order valence-corrected chi connectivity index (χ4v) is 4.45. The van der Waals surface area contributed by atoms with E-state index < -0.39 is 5.54 Å². The Hall–Kier alpha value is -2.57. The minimum absolute atomic E-state index is 0.000384. The second-order valence-corrected chi connectivity index (χ2v) is 8.27. The van der Waals surface area contributed by atoms with E-state index in [-0.39, 0.29) is 24.3 Å². The summed E-state index contributed by atoms with van der Waals surface area (Å²) in [6, 6.07) is 9.91. The third kappa shape index (κ3) is 4.60. The summed E-state index contributed by atoms with van der Waals surface area (Å²) in [6.07, 6.45) is 4.50. The number of hydrogen-bond acceptors (Lipinski definition) is 4. The Labute approximate surface area is 179 Å². The summed E-state index contributed by atoms with van der Waals surface area (Å²) in [7, 11) is 0. The first-order valence-corrected chi connectivity index (χ1v) is 11.2. The summed E-state index contributed by atoms with van der Waals surface area (Å²) in [6.45, 7) is 6.34. The van der Waals surface area contributed by atoms with Crippen LogP contribution in [-0.4, -0.2) is 65.9 Å². The van der Waals surface area contributed by atoms with Crippen molar-refractivity contribution < 1.29 is 14.4 Å². The summed E-state index contributed by atoms with van der Waals surface area (Å²) in [4.78, 5) is 43.9. The maximum Gasteiger partial charge on any atom is 0.250 e. The first-order chi connectivity index (χ1) is 14.5. The van der Waals surface area contributed by atoms with Crippen LogP contribution in [-0.2, 0) is 14.4 Å². The molecule has 2 aliphatic heterocycles. The molecule has 0 bridgehead atoms. The third-order valence-electron chi connectivity index (χ3n) is 6.18. The molecule has 1 N–H and O–H groups in total. The lowest BCUT2D eigenvalue weighted by Gasteiger charge is -2.43. The Morgan fingerprint density at radius 2 is 1.77 bits per heavy atom. The molecular formula is C23H34N4O3. The summed E-state index contributed by atoms with van der Waals surface area (Å²) in [5, 5.41) is 2.91. The molecule has 3 rings (SSSR count). The number of benzene rings is 1. The van der Waals surface area contributed by atoms with Gasteiger partial charge in [0, 0.05) is 31.7 Å². The van der Waals surface area contributed by atoms with E-state index in [1.54, 1.807) is 4.90 Å². The topological polar surface area (TPSA) is 73.0 Å². The molecule has 3 amide bonds.